The number of hydrogen-bond donors (Lipinski definition) is 2. The smallest absolute Gasteiger partial charge is 0.317 e. The van der Waals surface area contributed by atoms with Crippen LogP contribution >= 0.6 is 0 Å². The van der Waals surface area contributed by atoms with Gasteiger partial charge in [0, 0.05) is 25.7 Å². The molecule has 2 aliphatic rings. The number of hydrogen-bond acceptors (Lipinski definition) is 3. The summed E-state index contributed by atoms with van der Waals surface area (Å²) < 4.78 is 0. The third kappa shape index (κ3) is 4.59. The van der Waals surface area contributed by atoms with Gasteiger partial charge in [-0.15, -0.1) is 0 Å². The Labute approximate surface area is 126 Å². The van der Waals surface area contributed by atoms with Crippen LogP contribution in [0.2, 0.25) is 0 Å². The van der Waals surface area contributed by atoms with Crippen molar-refractivity contribution in [1.29, 1.82) is 0 Å². The van der Waals surface area contributed by atoms with E-state index in [0.29, 0.717) is 19.0 Å². The molecule has 2 amide bonds. The second-order valence-electron chi connectivity index (χ2n) is 6.17. The van der Waals surface area contributed by atoms with Gasteiger partial charge in [0.05, 0.1) is 6.42 Å². The van der Waals surface area contributed by atoms with Crippen molar-refractivity contribution in [3.63, 3.8) is 0 Å². The fourth-order valence-corrected chi connectivity index (χ4v) is 3.38. The molecule has 2 heterocycles. The van der Waals surface area contributed by atoms with Gasteiger partial charge in [0.25, 0.3) is 0 Å². The van der Waals surface area contributed by atoms with Crippen LogP contribution in [0.5, 0.6) is 0 Å². The fourth-order valence-electron chi connectivity index (χ4n) is 3.38. The molecule has 6 heteroatoms. The van der Waals surface area contributed by atoms with Gasteiger partial charge in [-0.2, -0.15) is 0 Å². The predicted molar refractivity (Wildman–Crippen MR) is 80.2 cm³/mol. The largest absolute Gasteiger partial charge is 0.481 e. The number of nitrogens with one attached hydrogen (secondary N) is 1. The van der Waals surface area contributed by atoms with E-state index in [9.17, 15) is 9.59 Å². The lowest BCUT2D eigenvalue weighted by Crippen LogP contribution is -2.50. The number of carboxylic acids is 1. The Morgan fingerprint density at radius 3 is 2.71 bits per heavy atom. The molecule has 0 aromatic heterocycles. The van der Waals surface area contributed by atoms with Gasteiger partial charge in [-0.3, -0.25) is 4.79 Å². The van der Waals surface area contributed by atoms with Crippen LogP contribution in [0.4, 0.5) is 4.79 Å². The minimum Gasteiger partial charge on any atom is -0.481 e. The number of carboxylic acid groups (broad SMARTS) is 1. The first-order valence-electron chi connectivity index (χ1n) is 8.08. The summed E-state index contributed by atoms with van der Waals surface area (Å²) in [4.78, 5) is 27.3. The molecule has 0 radical (unpaired) electrons. The molecule has 2 aliphatic heterocycles. The number of nitrogens with zero attached hydrogens (tertiary/aromatic N) is 2. The summed E-state index contributed by atoms with van der Waals surface area (Å²) in [7, 11) is 0. The van der Waals surface area contributed by atoms with Crippen LogP contribution in [0, 0.1) is 5.92 Å². The first-order chi connectivity index (χ1) is 10.1. The normalized spacial score (nSPS) is 26.8. The Hall–Kier alpha value is -1.30. The number of urea groups is 1. The quantitative estimate of drug-likeness (QED) is 0.804. The van der Waals surface area contributed by atoms with E-state index in [4.69, 9.17) is 5.11 Å². The molecule has 0 aromatic carbocycles. The van der Waals surface area contributed by atoms with E-state index in [0.717, 1.165) is 45.3 Å². The lowest BCUT2D eigenvalue weighted by atomic mass is 10.00. The van der Waals surface area contributed by atoms with E-state index in [-0.39, 0.29) is 18.5 Å². The highest BCUT2D eigenvalue weighted by atomic mass is 16.4. The Bertz CT molecular complexity index is 375. The van der Waals surface area contributed by atoms with E-state index in [1.54, 1.807) is 4.90 Å². The molecule has 120 valence electrons. The van der Waals surface area contributed by atoms with Crippen molar-refractivity contribution in [1.82, 2.24) is 15.1 Å². The van der Waals surface area contributed by atoms with E-state index in [2.05, 4.69) is 17.1 Å². The first-order valence-corrected chi connectivity index (χ1v) is 8.08. The van der Waals surface area contributed by atoms with Crippen LogP contribution < -0.4 is 5.32 Å². The standard InChI is InChI=1S/C15H27N3O3/c1-2-17-8-6-12(11-17)10-16-15(21)18-7-4-3-5-13(18)9-14(19)20/h12-13H,2-11H2,1H3,(H,16,21)(H,19,20). The molecular weight excluding hydrogens is 270 g/mol. The van der Waals surface area contributed by atoms with Crippen LogP contribution in [0.15, 0.2) is 0 Å². The molecule has 6 nitrogen and oxygen atoms in total. The molecule has 2 unspecified atom stereocenters. The number of carbonyl (C=O) groups excluding carboxylic acids is 1. The van der Waals surface area contributed by atoms with Gasteiger partial charge in [-0.1, -0.05) is 6.92 Å². The van der Waals surface area contributed by atoms with Gasteiger partial charge in [0.1, 0.15) is 0 Å². The van der Waals surface area contributed by atoms with Crippen molar-refractivity contribution in [3.8, 4) is 0 Å². The molecular formula is C15H27N3O3. The summed E-state index contributed by atoms with van der Waals surface area (Å²) in [6, 6.07) is -0.233. The molecule has 0 spiro atoms. The van der Waals surface area contributed by atoms with Gasteiger partial charge in [0.2, 0.25) is 0 Å². The number of aliphatic carboxylic acids is 1. The number of piperidine rings is 1. The average molecular weight is 297 g/mol. The molecule has 2 N–H and O–H groups in total. The highest BCUT2D eigenvalue weighted by molar-refractivity contribution is 5.76. The number of carbonyl (C=O) groups is 2. The van der Waals surface area contributed by atoms with Crippen molar-refractivity contribution in [3.05, 3.63) is 0 Å². The molecule has 2 rings (SSSR count). The Morgan fingerprint density at radius 1 is 1.24 bits per heavy atom. The van der Waals surface area contributed by atoms with Crippen LogP contribution in [-0.2, 0) is 4.79 Å². The Kier molecular flexibility index (Phi) is 5.85. The summed E-state index contributed by atoms with van der Waals surface area (Å²) in [5.41, 5.74) is 0. The Balaban J connectivity index is 1.79. The third-order valence-corrected chi connectivity index (χ3v) is 4.66. The van der Waals surface area contributed by atoms with Gasteiger partial charge in [0.15, 0.2) is 0 Å². The molecule has 21 heavy (non-hydrogen) atoms. The van der Waals surface area contributed by atoms with Gasteiger partial charge >= 0.3 is 12.0 Å². The van der Waals surface area contributed by atoms with E-state index >= 15 is 0 Å². The van der Waals surface area contributed by atoms with Crippen LogP contribution in [0.3, 0.4) is 0 Å². The van der Waals surface area contributed by atoms with Crippen molar-refractivity contribution in [2.45, 2.75) is 45.1 Å². The van der Waals surface area contributed by atoms with Crippen molar-refractivity contribution < 1.29 is 14.7 Å². The number of likely N-dealkylation sites (tertiary alicyclic amines) is 2. The molecule has 0 saturated carbocycles. The van der Waals surface area contributed by atoms with E-state index in [1.165, 1.54) is 0 Å². The summed E-state index contributed by atoms with van der Waals surface area (Å²) in [5, 5.41) is 12.0. The SMILES string of the molecule is CCN1CCC(CNC(=O)N2CCCCC2CC(=O)O)C1. The maximum absolute atomic E-state index is 12.3. The predicted octanol–water partition coefficient (Wildman–Crippen LogP) is 1.37. The molecule has 0 aliphatic carbocycles. The molecule has 2 saturated heterocycles. The Morgan fingerprint density at radius 2 is 2.05 bits per heavy atom. The highest BCUT2D eigenvalue weighted by Crippen LogP contribution is 2.20. The summed E-state index contributed by atoms with van der Waals surface area (Å²) >= 11 is 0. The maximum atomic E-state index is 12.3. The zero-order valence-electron chi connectivity index (χ0n) is 12.9. The lowest BCUT2D eigenvalue weighted by molar-refractivity contribution is -0.138. The van der Waals surface area contributed by atoms with Crippen LogP contribution in [-0.4, -0.2) is 65.7 Å². The number of rotatable bonds is 5. The molecule has 0 bridgehead atoms. The van der Waals surface area contributed by atoms with Gasteiger partial charge in [-0.25, -0.2) is 4.79 Å². The lowest BCUT2D eigenvalue weighted by Gasteiger charge is -2.35. The highest BCUT2D eigenvalue weighted by Gasteiger charge is 2.29. The molecule has 2 atom stereocenters. The molecule has 2 fully saturated rings. The van der Waals surface area contributed by atoms with E-state index < -0.39 is 5.97 Å². The summed E-state index contributed by atoms with van der Waals surface area (Å²) in [6.45, 7) is 6.77. The minimum atomic E-state index is -0.825. The summed E-state index contributed by atoms with van der Waals surface area (Å²) in [5.74, 6) is -0.300. The van der Waals surface area contributed by atoms with Gasteiger partial charge in [-0.05, 0) is 44.7 Å². The maximum Gasteiger partial charge on any atom is 0.317 e. The average Bonchev–Trinajstić information content (AvgIpc) is 2.93. The monoisotopic (exact) mass is 297 g/mol. The van der Waals surface area contributed by atoms with Crippen molar-refractivity contribution in [2.75, 3.05) is 32.7 Å². The number of amides is 2. The zero-order chi connectivity index (χ0) is 15.2. The minimum absolute atomic E-state index is 0.0560. The topological polar surface area (TPSA) is 72.9 Å². The summed E-state index contributed by atoms with van der Waals surface area (Å²) in [6.07, 6.45) is 3.96. The first kappa shape index (κ1) is 16.1. The fraction of sp³-hybridized carbons (Fsp3) is 0.867. The third-order valence-electron chi connectivity index (χ3n) is 4.66. The zero-order valence-corrected chi connectivity index (χ0v) is 12.9. The van der Waals surface area contributed by atoms with Crippen LogP contribution in [0.1, 0.15) is 39.0 Å². The van der Waals surface area contributed by atoms with Crippen molar-refractivity contribution >= 4 is 12.0 Å². The second-order valence-corrected chi connectivity index (χ2v) is 6.17. The van der Waals surface area contributed by atoms with Crippen molar-refractivity contribution in [2.24, 2.45) is 5.92 Å². The second kappa shape index (κ2) is 7.64. The van der Waals surface area contributed by atoms with E-state index in [1.807, 2.05) is 0 Å². The van der Waals surface area contributed by atoms with Crippen LogP contribution in [0.25, 0.3) is 0 Å². The van der Waals surface area contributed by atoms with Gasteiger partial charge < -0.3 is 20.2 Å². The molecule has 0 aromatic rings.